The SMILES string of the molecule is Nc1cc(=O)[nH]c(SCC2CCCCC2)n1. The van der Waals surface area contributed by atoms with Crippen molar-refractivity contribution in [2.24, 2.45) is 5.92 Å². The van der Waals surface area contributed by atoms with Gasteiger partial charge in [-0.2, -0.15) is 0 Å². The number of thioether (sulfide) groups is 1. The molecule has 1 fully saturated rings. The van der Waals surface area contributed by atoms with Crippen molar-refractivity contribution in [3.05, 3.63) is 16.4 Å². The molecule has 0 radical (unpaired) electrons. The van der Waals surface area contributed by atoms with Crippen LogP contribution in [0.2, 0.25) is 0 Å². The molecule has 3 N–H and O–H groups in total. The molecule has 1 aliphatic rings. The van der Waals surface area contributed by atoms with E-state index in [2.05, 4.69) is 9.97 Å². The van der Waals surface area contributed by atoms with Gasteiger partial charge < -0.3 is 10.7 Å². The molecule has 0 amide bonds. The topological polar surface area (TPSA) is 71.8 Å². The summed E-state index contributed by atoms with van der Waals surface area (Å²) < 4.78 is 0. The van der Waals surface area contributed by atoms with Crippen LogP contribution in [-0.2, 0) is 0 Å². The predicted molar refractivity (Wildman–Crippen MR) is 66.6 cm³/mol. The zero-order valence-corrected chi connectivity index (χ0v) is 10.1. The highest BCUT2D eigenvalue weighted by Gasteiger charge is 2.14. The van der Waals surface area contributed by atoms with Crippen molar-refractivity contribution in [3.8, 4) is 0 Å². The highest BCUT2D eigenvalue weighted by atomic mass is 32.2. The van der Waals surface area contributed by atoms with Crippen LogP contribution in [0.1, 0.15) is 32.1 Å². The first-order valence-electron chi connectivity index (χ1n) is 5.73. The van der Waals surface area contributed by atoms with Crippen LogP contribution in [-0.4, -0.2) is 15.7 Å². The first-order chi connectivity index (χ1) is 7.74. The molecule has 16 heavy (non-hydrogen) atoms. The van der Waals surface area contributed by atoms with Crippen LogP contribution in [0.4, 0.5) is 5.82 Å². The lowest BCUT2D eigenvalue weighted by Gasteiger charge is -2.20. The molecule has 1 aromatic heterocycles. The Morgan fingerprint density at radius 3 is 2.88 bits per heavy atom. The molecule has 1 aliphatic carbocycles. The minimum absolute atomic E-state index is 0.168. The van der Waals surface area contributed by atoms with Crippen molar-refractivity contribution >= 4 is 17.6 Å². The number of nitrogens with two attached hydrogens (primary N) is 1. The predicted octanol–water partition coefficient (Wildman–Crippen LogP) is 2.02. The molecule has 4 nitrogen and oxygen atoms in total. The lowest BCUT2D eigenvalue weighted by atomic mass is 9.91. The first-order valence-corrected chi connectivity index (χ1v) is 6.72. The van der Waals surface area contributed by atoms with Crippen LogP contribution >= 0.6 is 11.8 Å². The first kappa shape index (κ1) is 11.5. The third-order valence-corrected chi connectivity index (χ3v) is 4.03. The highest BCUT2D eigenvalue weighted by molar-refractivity contribution is 7.99. The largest absolute Gasteiger partial charge is 0.383 e. The Hall–Kier alpha value is -0.970. The average molecular weight is 239 g/mol. The maximum absolute atomic E-state index is 11.2. The van der Waals surface area contributed by atoms with Crippen LogP contribution in [0, 0.1) is 5.92 Å². The lowest BCUT2D eigenvalue weighted by molar-refractivity contribution is 0.391. The van der Waals surface area contributed by atoms with Crippen molar-refractivity contribution < 1.29 is 0 Å². The standard InChI is InChI=1S/C11H17N3OS/c12-9-6-10(15)14-11(13-9)16-7-8-4-2-1-3-5-8/h6,8H,1-5,7H2,(H3,12,13,14,15). The van der Waals surface area contributed by atoms with Crippen LogP contribution in [0.15, 0.2) is 16.0 Å². The number of nitrogens with zero attached hydrogens (tertiary/aromatic N) is 1. The van der Waals surface area contributed by atoms with E-state index < -0.39 is 0 Å². The Morgan fingerprint density at radius 2 is 2.19 bits per heavy atom. The summed E-state index contributed by atoms with van der Waals surface area (Å²) in [5.74, 6) is 2.10. The van der Waals surface area contributed by atoms with E-state index in [4.69, 9.17) is 5.73 Å². The fourth-order valence-electron chi connectivity index (χ4n) is 2.07. The Labute approximate surface area is 99.0 Å². The molecule has 2 rings (SSSR count). The van der Waals surface area contributed by atoms with Gasteiger partial charge in [-0.15, -0.1) is 0 Å². The van der Waals surface area contributed by atoms with E-state index in [-0.39, 0.29) is 5.56 Å². The van der Waals surface area contributed by atoms with Gasteiger partial charge in [0, 0.05) is 11.8 Å². The molecular weight excluding hydrogens is 222 g/mol. The van der Waals surface area contributed by atoms with Gasteiger partial charge in [0.25, 0.3) is 5.56 Å². The number of H-pyrrole nitrogens is 1. The van der Waals surface area contributed by atoms with Crippen LogP contribution in [0.5, 0.6) is 0 Å². The molecule has 1 aromatic rings. The second kappa shape index (κ2) is 5.39. The van der Waals surface area contributed by atoms with Crippen molar-refractivity contribution in [1.82, 2.24) is 9.97 Å². The Morgan fingerprint density at radius 1 is 1.44 bits per heavy atom. The van der Waals surface area contributed by atoms with Crippen molar-refractivity contribution in [3.63, 3.8) is 0 Å². The van der Waals surface area contributed by atoms with Gasteiger partial charge in [0.2, 0.25) is 0 Å². The molecule has 0 atom stereocenters. The van der Waals surface area contributed by atoms with Crippen LogP contribution < -0.4 is 11.3 Å². The number of rotatable bonds is 3. The number of aromatic amines is 1. The zero-order valence-electron chi connectivity index (χ0n) is 9.24. The summed E-state index contributed by atoms with van der Waals surface area (Å²) >= 11 is 1.61. The maximum Gasteiger partial charge on any atom is 0.253 e. The molecular formula is C11H17N3OS. The molecule has 1 saturated carbocycles. The number of nitrogens with one attached hydrogen (secondary N) is 1. The van der Waals surface area contributed by atoms with Gasteiger partial charge >= 0.3 is 0 Å². The van der Waals surface area contributed by atoms with E-state index in [1.165, 1.54) is 38.2 Å². The monoisotopic (exact) mass is 239 g/mol. The fraction of sp³-hybridized carbons (Fsp3) is 0.636. The summed E-state index contributed by atoms with van der Waals surface area (Å²) in [6.07, 6.45) is 6.66. The summed E-state index contributed by atoms with van der Waals surface area (Å²) in [6, 6.07) is 1.31. The minimum atomic E-state index is -0.168. The maximum atomic E-state index is 11.2. The quantitative estimate of drug-likeness (QED) is 0.625. The molecule has 0 spiro atoms. The van der Waals surface area contributed by atoms with E-state index in [9.17, 15) is 4.79 Å². The lowest BCUT2D eigenvalue weighted by Crippen LogP contribution is -2.12. The molecule has 0 saturated heterocycles. The van der Waals surface area contributed by atoms with Gasteiger partial charge in [-0.05, 0) is 18.8 Å². The zero-order chi connectivity index (χ0) is 11.4. The third-order valence-electron chi connectivity index (χ3n) is 2.92. The van der Waals surface area contributed by atoms with Gasteiger partial charge in [-0.3, -0.25) is 4.79 Å². The summed E-state index contributed by atoms with van der Waals surface area (Å²) in [5.41, 5.74) is 5.36. The van der Waals surface area contributed by atoms with Gasteiger partial charge in [0.15, 0.2) is 5.16 Å². The number of aromatic nitrogens is 2. The van der Waals surface area contributed by atoms with E-state index in [0.29, 0.717) is 11.0 Å². The van der Waals surface area contributed by atoms with E-state index in [1.54, 1.807) is 11.8 Å². The summed E-state index contributed by atoms with van der Waals surface area (Å²) in [5, 5.41) is 0.649. The van der Waals surface area contributed by atoms with Crippen molar-refractivity contribution in [2.75, 3.05) is 11.5 Å². The molecule has 0 aromatic carbocycles. The Kier molecular flexibility index (Phi) is 3.88. The van der Waals surface area contributed by atoms with Gasteiger partial charge in [0.05, 0.1) is 0 Å². The molecule has 1 heterocycles. The number of hydrogen-bond acceptors (Lipinski definition) is 4. The summed E-state index contributed by atoms with van der Waals surface area (Å²) in [6.45, 7) is 0. The van der Waals surface area contributed by atoms with Gasteiger partial charge in [0.1, 0.15) is 5.82 Å². The normalized spacial score (nSPS) is 17.5. The third kappa shape index (κ3) is 3.27. The molecule has 5 heteroatoms. The Bertz CT molecular complexity index is 398. The van der Waals surface area contributed by atoms with E-state index in [0.717, 1.165) is 11.7 Å². The van der Waals surface area contributed by atoms with Crippen LogP contribution in [0.3, 0.4) is 0 Å². The number of anilines is 1. The van der Waals surface area contributed by atoms with Gasteiger partial charge in [-0.25, -0.2) is 4.98 Å². The second-order valence-electron chi connectivity index (χ2n) is 4.29. The van der Waals surface area contributed by atoms with Crippen molar-refractivity contribution in [2.45, 2.75) is 37.3 Å². The van der Waals surface area contributed by atoms with E-state index >= 15 is 0 Å². The fourth-order valence-corrected chi connectivity index (χ4v) is 3.14. The molecule has 0 bridgehead atoms. The smallest absolute Gasteiger partial charge is 0.253 e. The van der Waals surface area contributed by atoms with Gasteiger partial charge in [-0.1, -0.05) is 31.0 Å². The van der Waals surface area contributed by atoms with E-state index in [1.807, 2.05) is 0 Å². The number of hydrogen-bond donors (Lipinski definition) is 2. The molecule has 88 valence electrons. The summed E-state index contributed by atoms with van der Waals surface area (Å²) in [4.78, 5) is 18.0. The highest BCUT2D eigenvalue weighted by Crippen LogP contribution is 2.28. The molecule has 0 aliphatic heterocycles. The van der Waals surface area contributed by atoms with Crippen molar-refractivity contribution in [1.29, 1.82) is 0 Å². The Balaban J connectivity index is 1.90. The summed E-state index contributed by atoms with van der Waals surface area (Å²) in [7, 11) is 0. The van der Waals surface area contributed by atoms with Crippen LogP contribution in [0.25, 0.3) is 0 Å². The number of nitrogen functional groups attached to an aromatic ring is 1. The molecule has 0 unspecified atom stereocenters. The second-order valence-corrected chi connectivity index (χ2v) is 5.30. The average Bonchev–Trinajstić information content (AvgIpc) is 2.27. The minimum Gasteiger partial charge on any atom is -0.383 e.